The summed E-state index contributed by atoms with van der Waals surface area (Å²) in [7, 11) is 0. The summed E-state index contributed by atoms with van der Waals surface area (Å²) in [6.07, 6.45) is 1.40. The van der Waals surface area contributed by atoms with Crippen molar-refractivity contribution in [2.24, 2.45) is 4.99 Å². The molecule has 0 saturated carbocycles. The van der Waals surface area contributed by atoms with E-state index in [2.05, 4.69) is 10.1 Å². The minimum Gasteiger partial charge on any atom is -0.507 e. The van der Waals surface area contributed by atoms with Crippen LogP contribution in [-0.4, -0.2) is 32.2 Å². The molecule has 0 amide bonds. The molecular formula is C20H19N3O4. The highest BCUT2D eigenvalue weighted by Crippen LogP contribution is 2.23. The number of carbonyl (C=O) groups is 1. The Hall–Kier alpha value is -3.61. The molecule has 3 rings (SSSR count). The van der Waals surface area contributed by atoms with Crippen molar-refractivity contribution in [1.29, 1.82) is 0 Å². The third kappa shape index (κ3) is 3.52. The van der Waals surface area contributed by atoms with E-state index < -0.39 is 5.97 Å². The number of aromatic amines is 1. The van der Waals surface area contributed by atoms with Gasteiger partial charge in [-0.2, -0.15) is 0 Å². The van der Waals surface area contributed by atoms with Crippen LogP contribution in [0.2, 0.25) is 0 Å². The molecule has 0 fully saturated rings. The molecule has 0 unspecified atom stereocenters. The van der Waals surface area contributed by atoms with Crippen LogP contribution in [-0.2, 0) is 0 Å². The molecule has 1 aromatic heterocycles. The molecule has 0 atom stereocenters. The average Bonchev–Trinajstić information content (AvgIpc) is 2.88. The molecule has 0 bridgehead atoms. The van der Waals surface area contributed by atoms with Crippen LogP contribution in [0, 0.1) is 20.8 Å². The fourth-order valence-corrected chi connectivity index (χ4v) is 2.85. The summed E-state index contributed by atoms with van der Waals surface area (Å²) in [6, 6.07) is 9.79. The SMILES string of the molecule is Cc1ccc(-n2[nH]c(C)c(C=Nc3ccc(O)c(C(=O)O)c3)c2=O)c(C)c1. The summed E-state index contributed by atoms with van der Waals surface area (Å²) in [5.41, 5.74) is 3.67. The molecule has 0 aliphatic rings. The molecule has 3 aromatic rings. The second kappa shape index (κ2) is 6.95. The molecule has 7 heteroatoms. The summed E-state index contributed by atoms with van der Waals surface area (Å²) in [6.45, 7) is 5.69. The molecule has 0 saturated heterocycles. The highest BCUT2D eigenvalue weighted by Gasteiger charge is 2.13. The van der Waals surface area contributed by atoms with Crippen LogP contribution in [0.25, 0.3) is 5.69 Å². The van der Waals surface area contributed by atoms with E-state index in [0.717, 1.165) is 16.8 Å². The van der Waals surface area contributed by atoms with Gasteiger partial charge in [-0.1, -0.05) is 17.7 Å². The maximum Gasteiger partial charge on any atom is 0.339 e. The summed E-state index contributed by atoms with van der Waals surface area (Å²) in [5.74, 6) is -1.59. The fourth-order valence-electron chi connectivity index (χ4n) is 2.85. The molecule has 1 heterocycles. The van der Waals surface area contributed by atoms with Gasteiger partial charge in [0.05, 0.1) is 16.9 Å². The lowest BCUT2D eigenvalue weighted by Gasteiger charge is -2.06. The van der Waals surface area contributed by atoms with Gasteiger partial charge in [0.25, 0.3) is 5.56 Å². The number of aryl methyl sites for hydroxylation is 3. The molecule has 27 heavy (non-hydrogen) atoms. The van der Waals surface area contributed by atoms with E-state index in [0.29, 0.717) is 16.9 Å². The molecule has 3 N–H and O–H groups in total. The molecule has 0 aliphatic carbocycles. The molecular weight excluding hydrogens is 346 g/mol. The Morgan fingerprint density at radius 1 is 1.15 bits per heavy atom. The topological polar surface area (TPSA) is 108 Å². The second-order valence-electron chi connectivity index (χ2n) is 6.35. The lowest BCUT2D eigenvalue weighted by molar-refractivity contribution is 0.0694. The second-order valence-corrected chi connectivity index (χ2v) is 6.35. The number of aromatic nitrogens is 2. The van der Waals surface area contributed by atoms with Crippen LogP contribution < -0.4 is 5.56 Å². The third-order valence-electron chi connectivity index (χ3n) is 4.26. The van der Waals surface area contributed by atoms with Crippen molar-refractivity contribution < 1.29 is 15.0 Å². The lowest BCUT2D eigenvalue weighted by Crippen LogP contribution is -2.18. The number of hydrogen-bond acceptors (Lipinski definition) is 4. The zero-order valence-electron chi connectivity index (χ0n) is 15.1. The van der Waals surface area contributed by atoms with Crippen LogP contribution in [0.4, 0.5) is 5.69 Å². The van der Waals surface area contributed by atoms with E-state index >= 15 is 0 Å². The first-order valence-electron chi connectivity index (χ1n) is 8.27. The Bertz CT molecular complexity index is 1120. The smallest absolute Gasteiger partial charge is 0.339 e. The molecule has 2 aromatic carbocycles. The molecule has 0 spiro atoms. The maximum absolute atomic E-state index is 12.8. The van der Waals surface area contributed by atoms with Gasteiger partial charge in [0.1, 0.15) is 11.3 Å². The minimum absolute atomic E-state index is 0.247. The van der Waals surface area contributed by atoms with E-state index in [-0.39, 0.29) is 16.9 Å². The van der Waals surface area contributed by atoms with E-state index in [9.17, 15) is 14.7 Å². The predicted octanol–water partition coefficient (Wildman–Crippen LogP) is 3.25. The van der Waals surface area contributed by atoms with Crippen LogP contribution in [0.1, 0.15) is 32.7 Å². The number of rotatable bonds is 4. The largest absolute Gasteiger partial charge is 0.507 e. The van der Waals surface area contributed by atoms with Crippen molar-refractivity contribution >= 4 is 17.9 Å². The van der Waals surface area contributed by atoms with Gasteiger partial charge in [0.2, 0.25) is 0 Å². The number of aliphatic imine (C=N–C) groups is 1. The van der Waals surface area contributed by atoms with Crippen LogP contribution >= 0.6 is 0 Å². The first-order chi connectivity index (χ1) is 12.8. The van der Waals surface area contributed by atoms with Crippen LogP contribution in [0.15, 0.2) is 46.2 Å². The van der Waals surface area contributed by atoms with E-state index in [4.69, 9.17) is 5.11 Å². The number of aromatic hydroxyl groups is 1. The normalized spacial score (nSPS) is 11.2. The standard InChI is InChI=1S/C20H19N3O4/c1-11-4-6-17(12(2)8-11)23-19(25)16(13(3)22-23)10-21-14-5-7-18(24)15(9-14)20(26)27/h4-10,22,24H,1-3H3,(H,26,27). The summed E-state index contributed by atoms with van der Waals surface area (Å²) >= 11 is 0. The van der Waals surface area contributed by atoms with Gasteiger partial charge in [-0.15, -0.1) is 0 Å². The summed E-state index contributed by atoms with van der Waals surface area (Å²) in [4.78, 5) is 28.1. The Balaban J connectivity index is 2.01. The van der Waals surface area contributed by atoms with Gasteiger partial charge < -0.3 is 10.2 Å². The Kier molecular flexibility index (Phi) is 4.68. The minimum atomic E-state index is -1.25. The van der Waals surface area contributed by atoms with Crippen molar-refractivity contribution in [3.63, 3.8) is 0 Å². The first-order valence-corrected chi connectivity index (χ1v) is 8.27. The van der Waals surface area contributed by atoms with Crippen LogP contribution in [0.5, 0.6) is 5.75 Å². The number of H-pyrrole nitrogens is 1. The van der Waals surface area contributed by atoms with Gasteiger partial charge in [-0.25, -0.2) is 9.48 Å². The van der Waals surface area contributed by atoms with Crippen molar-refractivity contribution in [1.82, 2.24) is 9.78 Å². The van der Waals surface area contributed by atoms with Crippen molar-refractivity contribution in [2.75, 3.05) is 0 Å². The third-order valence-corrected chi connectivity index (χ3v) is 4.26. The monoisotopic (exact) mass is 365 g/mol. The summed E-state index contributed by atoms with van der Waals surface area (Å²) in [5, 5.41) is 21.7. The maximum atomic E-state index is 12.8. The molecule has 138 valence electrons. The van der Waals surface area contributed by atoms with E-state index in [1.54, 1.807) is 6.92 Å². The Morgan fingerprint density at radius 3 is 2.56 bits per heavy atom. The van der Waals surface area contributed by atoms with Crippen molar-refractivity contribution in [3.05, 3.63) is 74.7 Å². The van der Waals surface area contributed by atoms with Gasteiger partial charge in [0.15, 0.2) is 0 Å². The number of hydrogen-bond donors (Lipinski definition) is 3. The molecule has 7 nitrogen and oxygen atoms in total. The fraction of sp³-hybridized carbons (Fsp3) is 0.150. The van der Waals surface area contributed by atoms with Crippen LogP contribution in [0.3, 0.4) is 0 Å². The highest BCUT2D eigenvalue weighted by atomic mass is 16.4. The molecule has 0 radical (unpaired) electrons. The zero-order valence-corrected chi connectivity index (χ0v) is 15.1. The number of phenols is 1. The lowest BCUT2D eigenvalue weighted by atomic mass is 10.1. The predicted molar refractivity (Wildman–Crippen MR) is 103 cm³/mol. The van der Waals surface area contributed by atoms with Gasteiger partial charge >= 0.3 is 5.97 Å². The van der Waals surface area contributed by atoms with Crippen molar-refractivity contribution in [3.8, 4) is 11.4 Å². The van der Waals surface area contributed by atoms with Gasteiger partial charge in [0, 0.05) is 11.9 Å². The number of benzene rings is 2. The Morgan fingerprint density at radius 2 is 1.89 bits per heavy atom. The quantitative estimate of drug-likeness (QED) is 0.617. The van der Waals surface area contributed by atoms with E-state index in [1.165, 1.54) is 29.1 Å². The summed E-state index contributed by atoms with van der Waals surface area (Å²) < 4.78 is 1.46. The van der Waals surface area contributed by atoms with Crippen molar-refractivity contribution in [2.45, 2.75) is 20.8 Å². The number of carboxylic acid groups (broad SMARTS) is 1. The average molecular weight is 365 g/mol. The van der Waals surface area contributed by atoms with E-state index in [1.807, 2.05) is 32.0 Å². The number of nitrogens with one attached hydrogen (secondary N) is 1. The number of nitrogens with zero attached hydrogens (tertiary/aromatic N) is 2. The highest BCUT2D eigenvalue weighted by molar-refractivity contribution is 5.92. The van der Waals surface area contributed by atoms with Gasteiger partial charge in [-0.3, -0.25) is 14.9 Å². The number of carboxylic acids is 1. The number of aromatic carboxylic acids is 1. The zero-order chi connectivity index (χ0) is 19.7. The molecule has 0 aliphatic heterocycles. The first kappa shape index (κ1) is 18.2. The Labute approximate surface area is 155 Å². The van der Waals surface area contributed by atoms with Gasteiger partial charge in [-0.05, 0) is 50.6 Å².